The minimum Gasteiger partial charge on any atom is -0.396 e. The zero-order valence-electron chi connectivity index (χ0n) is 10.2. The average molecular weight is 266 g/mol. The lowest BCUT2D eigenvalue weighted by Crippen LogP contribution is -2.41. The van der Waals surface area contributed by atoms with Gasteiger partial charge in [0.15, 0.2) is 0 Å². The van der Waals surface area contributed by atoms with Gasteiger partial charge in [-0.1, -0.05) is 12.2 Å². The van der Waals surface area contributed by atoms with Crippen molar-refractivity contribution in [2.45, 2.75) is 31.7 Å². The second-order valence-corrected chi connectivity index (χ2v) is 4.90. The number of hydrogen-bond acceptors (Lipinski definition) is 5. The first-order valence-electron chi connectivity index (χ1n) is 6.22. The SMILES string of the molecule is NC(=S)c1ccnc(N2CCCCC2CCO)n1. The third-order valence-corrected chi connectivity index (χ3v) is 3.45. The first-order valence-corrected chi connectivity index (χ1v) is 6.63. The van der Waals surface area contributed by atoms with Crippen LogP contribution in [0, 0.1) is 0 Å². The van der Waals surface area contributed by atoms with E-state index in [0.29, 0.717) is 17.7 Å². The van der Waals surface area contributed by atoms with Crippen LogP contribution in [-0.2, 0) is 0 Å². The number of anilines is 1. The Morgan fingerprint density at radius 1 is 1.56 bits per heavy atom. The molecule has 1 aromatic rings. The predicted octanol–water partition coefficient (Wildman–Crippen LogP) is 0.852. The number of aliphatic hydroxyl groups is 1. The number of nitrogens with zero attached hydrogens (tertiary/aromatic N) is 3. The summed E-state index contributed by atoms with van der Waals surface area (Å²) in [4.78, 5) is 11.1. The Labute approximate surface area is 112 Å². The van der Waals surface area contributed by atoms with Crippen LogP contribution in [0.2, 0.25) is 0 Å². The maximum absolute atomic E-state index is 9.12. The van der Waals surface area contributed by atoms with Gasteiger partial charge < -0.3 is 15.7 Å². The molecular weight excluding hydrogens is 248 g/mol. The van der Waals surface area contributed by atoms with Gasteiger partial charge in [0.2, 0.25) is 5.95 Å². The van der Waals surface area contributed by atoms with Gasteiger partial charge >= 0.3 is 0 Å². The van der Waals surface area contributed by atoms with Crippen LogP contribution in [0.3, 0.4) is 0 Å². The Kier molecular flexibility index (Phi) is 4.43. The molecule has 0 saturated carbocycles. The molecule has 5 nitrogen and oxygen atoms in total. The molecule has 1 unspecified atom stereocenters. The van der Waals surface area contributed by atoms with Gasteiger partial charge in [-0.05, 0) is 31.7 Å². The highest BCUT2D eigenvalue weighted by Gasteiger charge is 2.24. The smallest absolute Gasteiger partial charge is 0.226 e. The molecule has 1 fully saturated rings. The number of aliphatic hydroxyl groups excluding tert-OH is 1. The normalized spacial score (nSPS) is 19.8. The fraction of sp³-hybridized carbons (Fsp3) is 0.583. The lowest BCUT2D eigenvalue weighted by Gasteiger charge is -2.35. The fourth-order valence-corrected chi connectivity index (χ4v) is 2.45. The first-order chi connectivity index (χ1) is 8.72. The van der Waals surface area contributed by atoms with Gasteiger partial charge in [0, 0.05) is 25.4 Å². The van der Waals surface area contributed by atoms with Crippen LogP contribution in [0.4, 0.5) is 5.95 Å². The zero-order chi connectivity index (χ0) is 13.0. The number of piperidine rings is 1. The molecule has 6 heteroatoms. The van der Waals surface area contributed by atoms with Crippen LogP contribution in [-0.4, -0.2) is 39.3 Å². The number of aromatic nitrogens is 2. The van der Waals surface area contributed by atoms with Crippen molar-refractivity contribution < 1.29 is 5.11 Å². The van der Waals surface area contributed by atoms with E-state index in [4.69, 9.17) is 23.1 Å². The van der Waals surface area contributed by atoms with Crippen molar-refractivity contribution in [3.05, 3.63) is 18.0 Å². The summed E-state index contributed by atoms with van der Waals surface area (Å²) in [5, 5.41) is 9.12. The summed E-state index contributed by atoms with van der Waals surface area (Å²) in [6, 6.07) is 2.03. The summed E-state index contributed by atoms with van der Waals surface area (Å²) in [6.07, 6.45) is 5.82. The van der Waals surface area contributed by atoms with E-state index in [1.54, 1.807) is 12.3 Å². The van der Waals surface area contributed by atoms with Gasteiger partial charge in [-0.3, -0.25) is 0 Å². The van der Waals surface area contributed by atoms with Crippen LogP contribution >= 0.6 is 12.2 Å². The molecule has 1 saturated heterocycles. The molecule has 0 aromatic carbocycles. The van der Waals surface area contributed by atoms with Crippen LogP contribution in [0.25, 0.3) is 0 Å². The number of hydrogen-bond donors (Lipinski definition) is 2. The van der Waals surface area contributed by atoms with Crippen LogP contribution in [0.5, 0.6) is 0 Å². The molecule has 0 bridgehead atoms. The second kappa shape index (κ2) is 6.06. The lowest BCUT2D eigenvalue weighted by molar-refractivity contribution is 0.261. The molecule has 0 aliphatic carbocycles. The summed E-state index contributed by atoms with van der Waals surface area (Å²) < 4.78 is 0. The van der Waals surface area contributed by atoms with Crippen molar-refractivity contribution in [3.63, 3.8) is 0 Å². The highest BCUT2D eigenvalue weighted by atomic mass is 32.1. The van der Waals surface area contributed by atoms with Crippen LogP contribution < -0.4 is 10.6 Å². The van der Waals surface area contributed by atoms with Gasteiger partial charge in [0.05, 0.1) is 0 Å². The van der Waals surface area contributed by atoms with Crippen molar-refractivity contribution in [1.29, 1.82) is 0 Å². The van der Waals surface area contributed by atoms with Crippen LogP contribution in [0.15, 0.2) is 12.3 Å². The Morgan fingerprint density at radius 2 is 2.39 bits per heavy atom. The lowest BCUT2D eigenvalue weighted by atomic mass is 10.0. The Hall–Kier alpha value is -1.27. The minimum absolute atomic E-state index is 0.191. The predicted molar refractivity (Wildman–Crippen MR) is 74.6 cm³/mol. The minimum atomic E-state index is 0.191. The maximum Gasteiger partial charge on any atom is 0.226 e. The van der Waals surface area contributed by atoms with E-state index >= 15 is 0 Å². The van der Waals surface area contributed by atoms with E-state index < -0.39 is 0 Å². The number of thiocarbonyl (C=S) groups is 1. The van der Waals surface area contributed by atoms with Crippen molar-refractivity contribution in [1.82, 2.24) is 9.97 Å². The van der Waals surface area contributed by atoms with Crippen molar-refractivity contribution in [3.8, 4) is 0 Å². The second-order valence-electron chi connectivity index (χ2n) is 4.46. The Morgan fingerprint density at radius 3 is 3.11 bits per heavy atom. The highest BCUT2D eigenvalue weighted by molar-refractivity contribution is 7.80. The summed E-state index contributed by atoms with van der Waals surface area (Å²) in [5.41, 5.74) is 6.19. The fourth-order valence-electron chi connectivity index (χ4n) is 2.34. The molecule has 0 spiro atoms. The molecule has 2 heterocycles. The monoisotopic (exact) mass is 266 g/mol. The van der Waals surface area contributed by atoms with Gasteiger partial charge in [0.1, 0.15) is 10.7 Å². The molecule has 98 valence electrons. The van der Waals surface area contributed by atoms with Crippen molar-refractivity contribution in [2.24, 2.45) is 5.73 Å². The van der Waals surface area contributed by atoms with E-state index in [9.17, 15) is 0 Å². The standard InChI is InChI=1S/C12H18N4OS/c13-11(18)10-4-6-14-12(15-10)16-7-2-1-3-9(16)5-8-17/h4,6,9,17H,1-3,5,7-8H2,(H2,13,18). The molecule has 1 aliphatic heterocycles. The van der Waals surface area contributed by atoms with Gasteiger partial charge in [-0.15, -0.1) is 0 Å². The third kappa shape index (κ3) is 2.94. The van der Waals surface area contributed by atoms with E-state index in [2.05, 4.69) is 14.9 Å². The molecule has 0 amide bonds. The summed E-state index contributed by atoms with van der Waals surface area (Å²) in [7, 11) is 0. The largest absolute Gasteiger partial charge is 0.396 e. The third-order valence-electron chi connectivity index (χ3n) is 3.24. The first kappa shape index (κ1) is 13.2. The van der Waals surface area contributed by atoms with Crippen molar-refractivity contribution >= 4 is 23.2 Å². The van der Waals surface area contributed by atoms with E-state index in [1.807, 2.05) is 0 Å². The molecule has 18 heavy (non-hydrogen) atoms. The average Bonchev–Trinajstić information content (AvgIpc) is 2.40. The molecule has 1 aromatic heterocycles. The van der Waals surface area contributed by atoms with E-state index in [0.717, 1.165) is 25.8 Å². The van der Waals surface area contributed by atoms with E-state index in [-0.39, 0.29) is 11.6 Å². The zero-order valence-corrected chi connectivity index (χ0v) is 11.1. The van der Waals surface area contributed by atoms with E-state index in [1.165, 1.54) is 6.42 Å². The summed E-state index contributed by atoms with van der Waals surface area (Å²) >= 11 is 4.93. The molecule has 0 radical (unpaired) electrons. The molecule has 2 rings (SSSR count). The molecule has 1 atom stereocenters. The Bertz CT molecular complexity index is 424. The summed E-state index contributed by atoms with van der Waals surface area (Å²) in [5.74, 6) is 0.665. The van der Waals surface area contributed by atoms with Crippen LogP contribution in [0.1, 0.15) is 31.4 Å². The van der Waals surface area contributed by atoms with Gasteiger partial charge in [-0.2, -0.15) is 0 Å². The molecule has 3 N–H and O–H groups in total. The maximum atomic E-state index is 9.12. The van der Waals surface area contributed by atoms with Crippen molar-refractivity contribution in [2.75, 3.05) is 18.1 Å². The Balaban J connectivity index is 2.22. The van der Waals surface area contributed by atoms with Gasteiger partial charge in [-0.25, -0.2) is 9.97 Å². The number of rotatable bonds is 4. The highest BCUT2D eigenvalue weighted by Crippen LogP contribution is 2.23. The molecular formula is C12H18N4OS. The van der Waals surface area contributed by atoms with Gasteiger partial charge in [0.25, 0.3) is 0 Å². The summed E-state index contributed by atoms with van der Waals surface area (Å²) in [6.45, 7) is 1.11. The quantitative estimate of drug-likeness (QED) is 0.787. The molecule has 1 aliphatic rings. The topological polar surface area (TPSA) is 75.3 Å². The number of nitrogens with two attached hydrogens (primary N) is 1.